The van der Waals surface area contributed by atoms with Crippen LogP contribution in [0.25, 0.3) is 0 Å². The highest BCUT2D eigenvalue weighted by Gasteiger charge is 2.20. The number of carbonyl (C=O) groups excluding carboxylic acids is 1. The molecule has 1 amide bonds. The largest absolute Gasteiger partial charge is 0.497 e. The Morgan fingerprint density at radius 3 is 2.71 bits per heavy atom. The topological polar surface area (TPSA) is 58.6 Å². The van der Waals surface area contributed by atoms with Crippen LogP contribution in [0.1, 0.15) is 50.2 Å². The van der Waals surface area contributed by atoms with Crippen molar-refractivity contribution in [2.75, 3.05) is 13.7 Å². The predicted molar refractivity (Wildman–Crippen MR) is 82.2 cm³/mol. The SMILES string of the molecule is COc1cccc(C(O)CNC(=O)C2CCCCCC2)c1. The Morgan fingerprint density at radius 1 is 1.33 bits per heavy atom. The average molecular weight is 291 g/mol. The number of amides is 1. The van der Waals surface area contributed by atoms with Gasteiger partial charge in [-0.15, -0.1) is 0 Å². The summed E-state index contributed by atoms with van der Waals surface area (Å²) in [4.78, 5) is 12.2. The van der Waals surface area contributed by atoms with Gasteiger partial charge in [0.15, 0.2) is 0 Å². The monoisotopic (exact) mass is 291 g/mol. The van der Waals surface area contributed by atoms with Gasteiger partial charge in [0, 0.05) is 12.5 Å². The molecule has 1 saturated carbocycles. The van der Waals surface area contributed by atoms with Crippen molar-refractivity contribution in [1.29, 1.82) is 0 Å². The Bertz CT molecular complexity index is 453. The lowest BCUT2D eigenvalue weighted by Gasteiger charge is -2.17. The molecule has 21 heavy (non-hydrogen) atoms. The Kier molecular flexibility index (Phi) is 6.05. The lowest BCUT2D eigenvalue weighted by atomic mass is 9.99. The fourth-order valence-corrected chi connectivity index (χ4v) is 2.85. The molecular weight excluding hydrogens is 266 g/mol. The molecule has 0 radical (unpaired) electrons. The first-order valence-electron chi connectivity index (χ1n) is 7.80. The van der Waals surface area contributed by atoms with Crippen LogP contribution in [-0.2, 0) is 4.79 Å². The normalized spacial score (nSPS) is 17.8. The van der Waals surface area contributed by atoms with Crippen LogP contribution in [0.3, 0.4) is 0 Å². The van der Waals surface area contributed by atoms with Crippen molar-refractivity contribution in [3.05, 3.63) is 29.8 Å². The number of benzene rings is 1. The molecule has 0 spiro atoms. The standard InChI is InChI=1S/C17H25NO3/c1-21-15-10-6-9-14(11-15)16(19)12-18-17(20)13-7-4-2-3-5-8-13/h6,9-11,13,16,19H,2-5,7-8,12H2,1H3,(H,18,20). The van der Waals surface area contributed by atoms with Gasteiger partial charge in [0.05, 0.1) is 13.2 Å². The van der Waals surface area contributed by atoms with E-state index in [2.05, 4.69) is 5.32 Å². The number of hydrogen-bond acceptors (Lipinski definition) is 3. The number of ether oxygens (including phenoxy) is 1. The summed E-state index contributed by atoms with van der Waals surface area (Å²) in [5.74, 6) is 0.908. The van der Waals surface area contributed by atoms with Gasteiger partial charge in [-0.3, -0.25) is 4.79 Å². The minimum Gasteiger partial charge on any atom is -0.497 e. The van der Waals surface area contributed by atoms with E-state index < -0.39 is 6.10 Å². The molecule has 2 N–H and O–H groups in total. The van der Waals surface area contributed by atoms with Gasteiger partial charge in [0.1, 0.15) is 5.75 Å². The van der Waals surface area contributed by atoms with Crippen molar-refractivity contribution in [2.24, 2.45) is 5.92 Å². The molecule has 2 rings (SSSR count). The van der Waals surface area contributed by atoms with E-state index in [0.717, 1.165) is 31.2 Å². The number of hydrogen-bond donors (Lipinski definition) is 2. The molecule has 0 aromatic heterocycles. The van der Waals surface area contributed by atoms with E-state index in [1.54, 1.807) is 13.2 Å². The van der Waals surface area contributed by atoms with E-state index in [1.165, 1.54) is 12.8 Å². The molecule has 1 fully saturated rings. The van der Waals surface area contributed by atoms with Gasteiger partial charge in [0.25, 0.3) is 0 Å². The summed E-state index contributed by atoms with van der Waals surface area (Å²) in [6.45, 7) is 0.252. The predicted octanol–water partition coefficient (Wildman–Crippen LogP) is 2.82. The fourth-order valence-electron chi connectivity index (χ4n) is 2.85. The first-order chi connectivity index (χ1) is 10.2. The molecule has 0 aliphatic heterocycles. The molecule has 1 aliphatic carbocycles. The van der Waals surface area contributed by atoms with Gasteiger partial charge in [-0.25, -0.2) is 0 Å². The van der Waals surface area contributed by atoms with E-state index in [9.17, 15) is 9.90 Å². The Labute approximate surface area is 126 Å². The highest BCUT2D eigenvalue weighted by Crippen LogP contribution is 2.23. The van der Waals surface area contributed by atoms with Crippen molar-refractivity contribution >= 4 is 5.91 Å². The first-order valence-corrected chi connectivity index (χ1v) is 7.80. The summed E-state index contributed by atoms with van der Waals surface area (Å²) in [7, 11) is 1.60. The molecule has 0 bridgehead atoms. The highest BCUT2D eigenvalue weighted by atomic mass is 16.5. The van der Waals surface area contributed by atoms with Gasteiger partial charge in [0.2, 0.25) is 5.91 Å². The van der Waals surface area contributed by atoms with Crippen LogP contribution in [0.2, 0.25) is 0 Å². The number of nitrogens with one attached hydrogen (secondary N) is 1. The maximum absolute atomic E-state index is 12.2. The van der Waals surface area contributed by atoms with Crippen molar-refractivity contribution in [2.45, 2.75) is 44.6 Å². The van der Waals surface area contributed by atoms with E-state index in [1.807, 2.05) is 18.2 Å². The van der Waals surface area contributed by atoms with Gasteiger partial charge in [-0.05, 0) is 30.5 Å². The third-order valence-corrected chi connectivity index (χ3v) is 4.17. The maximum Gasteiger partial charge on any atom is 0.223 e. The molecule has 0 heterocycles. The Balaban J connectivity index is 1.84. The third kappa shape index (κ3) is 4.74. The quantitative estimate of drug-likeness (QED) is 0.820. The summed E-state index contributed by atoms with van der Waals surface area (Å²) in [5.41, 5.74) is 0.760. The van der Waals surface area contributed by atoms with E-state index in [-0.39, 0.29) is 18.4 Å². The molecule has 4 heteroatoms. The molecule has 1 atom stereocenters. The lowest BCUT2D eigenvalue weighted by molar-refractivity contribution is -0.125. The lowest BCUT2D eigenvalue weighted by Crippen LogP contribution is -2.33. The molecular formula is C17H25NO3. The van der Waals surface area contributed by atoms with E-state index >= 15 is 0 Å². The molecule has 1 aliphatic rings. The minimum absolute atomic E-state index is 0.0823. The van der Waals surface area contributed by atoms with Gasteiger partial charge in [-0.2, -0.15) is 0 Å². The summed E-state index contributed by atoms with van der Waals surface area (Å²) in [6, 6.07) is 7.30. The molecule has 1 aromatic rings. The van der Waals surface area contributed by atoms with Crippen molar-refractivity contribution < 1.29 is 14.6 Å². The number of methoxy groups -OCH3 is 1. The van der Waals surface area contributed by atoms with Crippen LogP contribution in [0, 0.1) is 5.92 Å². The molecule has 116 valence electrons. The second kappa shape index (κ2) is 8.03. The Morgan fingerprint density at radius 2 is 2.05 bits per heavy atom. The molecule has 1 unspecified atom stereocenters. The number of rotatable bonds is 5. The summed E-state index contributed by atoms with van der Waals surface area (Å²) < 4.78 is 5.14. The second-order valence-corrected chi connectivity index (χ2v) is 5.73. The van der Waals surface area contributed by atoms with Crippen LogP contribution in [0.5, 0.6) is 5.75 Å². The van der Waals surface area contributed by atoms with Crippen LogP contribution < -0.4 is 10.1 Å². The average Bonchev–Trinajstić information content (AvgIpc) is 2.81. The first kappa shape index (κ1) is 15.8. The zero-order valence-corrected chi connectivity index (χ0v) is 12.7. The molecule has 1 aromatic carbocycles. The summed E-state index contributed by atoms with van der Waals surface area (Å²) in [5, 5.41) is 13.1. The maximum atomic E-state index is 12.2. The fraction of sp³-hybridized carbons (Fsp3) is 0.588. The van der Waals surface area contributed by atoms with Crippen molar-refractivity contribution in [3.63, 3.8) is 0 Å². The van der Waals surface area contributed by atoms with E-state index in [4.69, 9.17) is 4.74 Å². The van der Waals surface area contributed by atoms with Crippen LogP contribution in [-0.4, -0.2) is 24.7 Å². The van der Waals surface area contributed by atoms with Gasteiger partial charge < -0.3 is 15.2 Å². The summed E-state index contributed by atoms with van der Waals surface area (Å²) in [6.07, 6.45) is 5.98. The van der Waals surface area contributed by atoms with Crippen LogP contribution >= 0.6 is 0 Å². The van der Waals surface area contributed by atoms with Crippen LogP contribution in [0.4, 0.5) is 0 Å². The van der Waals surface area contributed by atoms with E-state index in [0.29, 0.717) is 5.75 Å². The minimum atomic E-state index is -0.699. The number of aliphatic hydroxyl groups excluding tert-OH is 1. The highest BCUT2D eigenvalue weighted by molar-refractivity contribution is 5.78. The molecule has 4 nitrogen and oxygen atoms in total. The zero-order valence-electron chi connectivity index (χ0n) is 12.7. The molecule has 0 saturated heterocycles. The smallest absolute Gasteiger partial charge is 0.223 e. The number of carbonyl (C=O) groups is 1. The third-order valence-electron chi connectivity index (χ3n) is 4.17. The van der Waals surface area contributed by atoms with Crippen molar-refractivity contribution in [3.8, 4) is 5.75 Å². The van der Waals surface area contributed by atoms with Crippen LogP contribution in [0.15, 0.2) is 24.3 Å². The Hall–Kier alpha value is -1.55. The van der Waals surface area contributed by atoms with Gasteiger partial charge in [-0.1, -0.05) is 37.8 Å². The number of aliphatic hydroxyl groups is 1. The second-order valence-electron chi connectivity index (χ2n) is 5.73. The summed E-state index contributed by atoms with van der Waals surface area (Å²) >= 11 is 0. The van der Waals surface area contributed by atoms with Crippen molar-refractivity contribution in [1.82, 2.24) is 5.32 Å². The zero-order chi connectivity index (χ0) is 15.1. The van der Waals surface area contributed by atoms with Gasteiger partial charge >= 0.3 is 0 Å².